The van der Waals surface area contributed by atoms with Gasteiger partial charge in [-0.15, -0.1) is 0 Å². The van der Waals surface area contributed by atoms with Crippen molar-refractivity contribution in [2.75, 3.05) is 13.2 Å². The molecule has 0 saturated carbocycles. The van der Waals surface area contributed by atoms with E-state index in [0.717, 1.165) is 75.5 Å². The molecular weight excluding hydrogens is 817 g/mol. The lowest BCUT2D eigenvalue weighted by molar-refractivity contribution is -0.167. The minimum atomic E-state index is -0.764. The molecule has 0 aliphatic carbocycles. The molecule has 66 heavy (non-hydrogen) atoms. The molecule has 0 aliphatic heterocycles. The Bertz CT molecular complexity index is 1020. The van der Waals surface area contributed by atoms with Gasteiger partial charge in [-0.1, -0.05) is 292 Å². The largest absolute Gasteiger partial charge is 0.462 e. The van der Waals surface area contributed by atoms with Gasteiger partial charge >= 0.3 is 17.9 Å². The second-order valence-corrected chi connectivity index (χ2v) is 21.8. The first-order valence-corrected chi connectivity index (χ1v) is 29.6. The molecule has 6 nitrogen and oxygen atoms in total. The minimum absolute atomic E-state index is 0.0646. The minimum Gasteiger partial charge on any atom is -0.462 e. The summed E-state index contributed by atoms with van der Waals surface area (Å²) in [5.74, 6) is 1.66. The third-order valence-electron chi connectivity index (χ3n) is 14.0. The quantitative estimate of drug-likeness (QED) is 0.0343. The zero-order valence-electron chi connectivity index (χ0n) is 45.5. The predicted molar refractivity (Wildman–Crippen MR) is 284 cm³/mol. The maximum atomic E-state index is 12.8. The van der Waals surface area contributed by atoms with Gasteiger partial charge in [-0.2, -0.15) is 0 Å². The molecule has 2 atom stereocenters. The van der Waals surface area contributed by atoms with Crippen molar-refractivity contribution in [2.45, 2.75) is 337 Å². The molecule has 0 fully saturated rings. The number of carbonyl (C=O) groups excluding carboxylic acids is 3. The molecule has 0 saturated heterocycles. The topological polar surface area (TPSA) is 78.9 Å². The molecule has 0 aromatic rings. The molecule has 0 spiro atoms. The first kappa shape index (κ1) is 64.4. The zero-order valence-corrected chi connectivity index (χ0v) is 45.5. The molecule has 392 valence electrons. The number of hydrogen-bond acceptors (Lipinski definition) is 6. The summed E-state index contributed by atoms with van der Waals surface area (Å²) in [4.78, 5) is 38.1. The van der Waals surface area contributed by atoms with Crippen LogP contribution >= 0.6 is 0 Å². The van der Waals surface area contributed by atoms with E-state index in [1.54, 1.807) is 0 Å². The normalized spacial score (nSPS) is 12.5. The van der Waals surface area contributed by atoms with E-state index < -0.39 is 6.10 Å². The maximum absolute atomic E-state index is 12.8. The Morgan fingerprint density at radius 2 is 0.530 bits per heavy atom. The average molecular weight is 934 g/mol. The standard InChI is InChI=1S/C60H116O6/c1-7-56(6)48-42-36-29-25-21-17-12-10-8-9-11-13-18-22-26-30-37-43-49-58(61)64-52-57(66-60(63)51-45-39-33-32-35-41-47-55(4)5)53-65-59(62)50-44-38-31-27-23-19-15-14-16-20-24-28-34-40-46-54(2)3/h54-57H,7-53H2,1-6H3/t56?,57-/m0/s1. The van der Waals surface area contributed by atoms with Crippen LogP contribution in [0.3, 0.4) is 0 Å². The highest BCUT2D eigenvalue weighted by Crippen LogP contribution is 2.19. The van der Waals surface area contributed by atoms with Gasteiger partial charge in [0, 0.05) is 19.3 Å². The van der Waals surface area contributed by atoms with E-state index in [2.05, 4.69) is 41.5 Å². The summed E-state index contributed by atoms with van der Waals surface area (Å²) in [6.07, 6.45) is 54.0. The van der Waals surface area contributed by atoms with Crippen LogP contribution in [0.2, 0.25) is 0 Å². The van der Waals surface area contributed by atoms with E-state index in [1.165, 1.54) is 212 Å². The van der Waals surface area contributed by atoms with E-state index in [-0.39, 0.29) is 31.1 Å². The molecule has 0 aliphatic rings. The van der Waals surface area contributed by atoms with Gasteiger partial charge < -0.3 is 14.2 Å². The fraction of sp³-hybridized carbons (Fsp3) is 0.950. The van der Waals surface area contributed by atoms with E-state index in [4.69, 9.17) is 14.2 Å². The summed E-state index contributed by atoms with van der Waals surface area (Å²) >= 11 is 0. The fourth-order valence-electron chi connectivity index (χ4n) is 9.14. The summed E-state index contributed by atoms with van der Waals surface area (Å²) in [5, 5.41) is 0. The van der Waals surface area contributed by atoms with Gasteiger partial charge in [0.15, 0.2) is 6.10 Å². The van der Waals surface area contributed by atoms with Crippen LogP contribution in [0.4, 0.5) is 0 Å². The van der Waals surface area contributed by atoms with Gasteiger partial charge in [-0.05, 0) is 37.0 Å². The Kier molecular flexibility index (Phi) is 50.0. The second kappa shape index (κ2) is 51.3. The van der Waals surface area contributed by atoms with Gasteiger partial charge in [-0.3, -0.25) is 14.4 Å². The molecule has 0 aromatic heterocycles. The van der Waals surface area contributed by atoms with Crippen LogP contribution in [0.1, 0.15) is 330 Å². The summed E-state index contributed by atoms with van der Waals surface area (Å²) in [7, 11) is 0. The van der Waals surface area contributed by atoms with Gasteiger partial charge in [0.1, 0.15) is 13.2 Å². The van der Waals surface area contributed by atoms with Crippen molar-refractivity contribution in [3.63, 3.8) is 0 Å². The van der Waals surface area contributed by atoms with E-state index in [0.29, 0.717) is 19.3 Å². The van der Waals surface area contributed by atoms with Crippen LogP contribution in [0.15, 0.2) is 0 Å². The first-order valence-electron chi connectivity index (χ1n) is 29.6. The van der Waals surface area contributed by atoms with Crippen LogP contribution in [0.5, 0.6) is 0 Å². The van der Waals surface area contributed by atoms with Crippen molar-refractivity contribution in [2.24, 2.45) is 17.8 Å². The molecule has 0 aromatic carbocycles. The summed E-state index contributed by atoms with van der Waals surface area (Å²) < 4.78 is 16.9. The number of ether oxygens (including phenoxy) is 3. The van der Waals surface area contributed by atoms with Gasteiger partial charge in [0.25, 0.3) is 0 Å². The van der Waals surface area contributed by atoms with Crippen LogP contribution in [-0.4, -0.2) is 37.2 Å². The van der Waals surface area contributed by atoms with Crippen molar-refractivity contribution < 1.29 is 28.6 Å². The highest BCUT2D eigenvalue weighted by Gasteiger charge is 2.19. The van der Waals surface area contributed by atoms with E-state index in [9.17, 15) is 14.4 Å². The number of esters is 3. The third-order valence-corrected chi connectivity index (χ3v) is 14.0. The van der Waals surface area contributed by atoms with Crippen LogP contribution in [0.25, 0.3) is 0 Å². The highest BCUT2D eigenvalue weighted by atomic mass is 16.6. The molecule has 0 radical (unpaired) electrons. The second-order valence-electron chi connectivity index (χ2n) is 21.8. The van der Waals surface area contributed by atoms with Crippen LogP contribution in [0, 0.1) is 17.8 Å². The third kappa shape index (κ3) is 51.8. The highest BCUT2D eigenvalue weighted by molar-refractivity contribution is 5.71. The summed E-state index contributed by atoms with van der Waals surface area (Å²) in [6, 6.07) is 0. The number of unbranched alkanes of at least 4 members (excludes halogenated alkanes) is 35. The van der Waals surface area contributed by atoms with Gasteiger partial charge in [0.05, 0.1) is 0 Å². The van der Waals surface area contributed by atoms with Crippen molar-refractivity contribution >= 4 is 17.9 Å². The van der Waals surface area contributed by atoms with E-state index in [1.807, 2.05) is 0 Å². The lowest BCUT2D eigenvalue weighted by Crippen LogP contribution is -2.30. The molecule has 0 N–H and O–H groups in total. The number of hydrogen-bond donors (Lipinski definition) is 0. The summed E-state index contributed by atoms with van der Waals surface area (Å²) in [5.41, 5.74) is 0. The molecule has 0 heterocycles. The van der Waals surface area contributed by atoms with Crippen molar-refractivity contribution in [1.29, 1.82) is 0 Å². The summed E-state index contributed by atoms with van der Waals surface area (Å²) in [6.45, 7) is 13.7. The van der Waals surface area contributed by atoms with Crippen molar-refractivity contribution in [3.05, 3.63) is 0 Å². The van der Waals surface area contributed by atoms with Crippen LogP contribution in [-0.2, 0) is 28.6 Å². The Hall–Kier alpha value is -1.59. The molecule has 0 rings (SSSR count). The lowest BCUT2D eigenvalue weighted by atomic mass is 9.99. The monoisotopic (exact) mass is 933 g/mol. The molecule has 0 bridgehead atoms. The fourth-order valence-corrected chi connectivity index (χ4v) is 9.14. The molecular formula is C60H116O6. The molecule has 0 amide bonds. The van der Waals surface area contributed by atoms with Gasteiger partial charge in [-0.25, -0.2) is 0 Å². The zero-order chi connectivity index (χ0) is 48.4. The Morgan fingerprint density at radius 3 is 0.788 bits per heavy atom. The Morgan fingerprint density at radius 1 is 0.303 bits per heavy atom. The molecule has 1 unspecified atom stereocenters. The maximum Gasteiger partial charge on any atom is 0.306 e. The van der Waals surface area contributed by atoms with Crippen molar-refractivity contribution in [3.8, 4) is 0 Å². The Labute approximate surface area is 412 Å². The van der Waals surface area contributed by atoms with Crippen molar-refractivity contribution in [1.82, 2.24) is 0 Å². The SMILES string of the molecule is CCC(C)CCCCCCCCCCCCCCCCCCCCC(=O)OC[C@@H](COC(=O)CCCCCCCCCCCCCCCCC(C)C)OC(=O)CCCCCCCCC(C)C. The lowest BCUT2D eigenvalue weighted by Gasteiger charge is -2.18. The Balaban J connectivity index is 4.15. The molecule has 6 heteroatoms. The number of carbonyl (C=O) groups is 3. The smallest absolute Gasteiger partial charge is 0.306 e. The predicted octanol–water partition coefficient (Wildman–Crippen LogP) is 19.5. The van der Waals surface area contributed by atoms with Crippen LogP contribution < -0.4 is 0 Å². The van der Waals surface area contributed by atoms with E-state index >= 15 is 0 Å². The van der Waals surface area contributed by atoms with Gasteiger partial charge in [0.2, 0.25) is 0 Å². The average Bonchev–Trinajstić information content (AvgIpc) is 3.29. The number of rotatable bonds is 53. The first-order chi connectivity index (χ1) is 32.1.